The zero-order valence-corrected chi connectivity index (χ0v) is 39.2. The normalized spacial score (nSPS) is 12.9. The molecule has 9 aromatic rings. The van der Waals surface area contributed by atoms with Crippen LogP contribution in [0, 0.1) is 6.07 Å². The third-order valence-electron chi connectivity index (χ3n) is 11.8. The van der Waals surface area contributed by atoms with Crippen molar-refractivity contribution < 1.29 is 21.1 Å². The predicted molar refractivity (Wildman–Crippen MR) is 246 cm³/mol. The van der Waals surface area contributed by atoms with Crippen molar-refractivity contribution in [2.75, 3.05) is 0 Å². The third-order valence-corrected chi connectivity index (χ3v) is 11.8. The van der Waals surface area contributed by atoms with Gasteiger partial charge in [0.1, 0.15) is 11.5 Å². The molecule has 0 N–H and O–H groups in total. The van der Waals surface area contributed by atoms with E-state index in [4.69, 9.17) is 20.2 Å². The Morgan fingerprint density at radius 2 is 1.12 bits per heavy atom. The molecule has 5 heterocycles. The molecule has 0 spiro atoms. The number of nitrogens with zero attached hydrogens (tertiary/aromatic N) is 6. The maximum absolute atomic E-state index is 5.42. The molecule has 0 radical (unpaired) electrons. The fourth-order valence-electron chi connectivity index (χ4n) is 8.56. The molecule has 9 rings (SSSR count). The van der Waals surface area contributed by atoms with Crippen molar-refractivity contribution in [3.8, 4) is 34.2 Å². The monoisotopic (exact) mass is 969 g/mol. The molecule has 0 aliphatic rings. The molecule has 0 saturated heterocycles. The second-order valence-corrected chi connectivity index (χ2v) is 20.3. The smallest absolute Gasteiger partial charge is 0.573 e. The van der Waals surface area contributed by atoms with Crippen LogP contribution in [0.1, 0.15) is 105 Å². The van der Waals surface area contributed by atoms with Crippen molar-refractivity contribution in [1.82, 2.24) is 29.3 Å². The first kappa shape index (κ1) is 41.4. The Morgan fingerprint density at radius 1 is 0.533 bits per heavy atom. The minimum absolute atomic E-state index is 0. The fraction of sp³-hybridized carbons (Fsp3) is 0.302. The molecule has 0 amide bonds. The minimum Gasteiger partial charge on any atom is -0.573 e. The Kier molecular flexibility index (Phi) is 9.94. The number of pyridine rings is 2. The minimum atomic E-state index is -0.109. The molecule has 0 bridgehead atoms. The molecular weight excluding hydrogens is 916 g/mol. The summed E-state index contributed by atoms with van der Waals surface area (Å²) >= 11 is 0. The van der Waals surface area contributed by atoms with Crippen LogP contribution < -0.4 is 5.10 Å². The zero-order chi connectivity index (χ0) is 41.8. The van der Waals surface area contributed by atoms with E-state index in [1.54, 1.807) is 0 Å². The molecule has 5 aromatic heterocycles. The molecule has 0 fully saturated rings. The molecule has 4 aromatic carbocycles. The Hall–Kier alpha value is -5.32. The van der Waals surface area contributed by atoms with E-state index in [-0.39, 0.29) is 42.7 Å². The van der Waals surface area contributed by atoms with Gasteiger partial charge in [-0.3, -0.25) is 0 Å². The van der Waals surface area contributed by atoms with Gasteiger partial charge in [0, 0.05) is 33.7 Å². The number of hydrogen-bond acceptors (Lipinski definition) is 3. The molecule has 0 aliphatic carbocycles. The standard InChI is InChI=1S/C53H54N6.Pt/c1-50(2,3)32-25-26-54-47(29-32)59-45-20-16-13-17-35(45)37-22-21-34(30-46(37)59)58-44-19-15-14-18-36(44)38-23-24-41(55-49(38)58)42-31-43(57-56-42)48-39(52(7,8)9)27-33(51(4,5)6)28-40(48)53(10,11)12;/h13-29,31H,1-12H3;/q-2;+2. The number of hydrogen-bond donors (Lipinski definition) is 0. The summed E-state index contributed by atoms with van der Waals surface area (Å²) in [5, 5.41) is 14.2. The maximum atomic E-state index is 5.42. The van der Waals surface area contributed by atoms with Gasteiger partial charge in [0.2, 0.25) is 0 Å². The SMILES string of the molecule is CC(C)(C)c1ccnc(-n2c3[c-]c(-n4c5ccccc5c5ccc(-c6cc(-c7c(C(C)(C)C)cc(C(C)(C)C)cc7C(C)(C)C)n[n-]6)nc54)ccc3c3ccccc32)c1.[Pt+2]. The van der Waals surface area contributed by atoms with E-state index in [1.807, 2.05) is 6.20 Å². The summed E-state index contributed by atoms with van der Waals surface area (Å²) in [6.07, 6.45) is 1.92. The molecular formula is C53H54N6Pt. The summed E-state index contributed by atoms with van der Waals surface area (Å²) < 4.78 is 4.50. The molecule has 6 nitrogen and oxygen atoms in total. The van der Waals surface area contributed by atoms with Crippen LogP contribution in [-0.4, -0.2) is 24.2 Å². The average Bonchev–Trinajstić information content (AvgIpc) is 3.88. The van der Waals surface area contributed by atoms with Crippen LogP contribution in [0.4, 0.5) is 0 Å². The summed E-state index contributed by atoms with van der Waals surface area (Å²) in [4.78, 5) is 10.3. The summed E-state index contributed by atoms with van der Waals surface area (Å²) in [7, 11) is 0. The largest absolute Gasteiger partial charge is 2.00 e. The van der Waals surface area contributed by atoms with E-state index < -0.39 is 0 Å². The first-order chi connectivity index (χ1) is 27.8. The van der Waals surface area contributed by atoms with Crippen LogP contribution in [0.2, 0.25) is 0 Å². The van der Waals surface area contributed by atoms with Crippen molar-refractivity contribution >= 4 is 43.7 Å². The van der Waals surface area contributed by atoms with E-state index in [9.17, 15) is 0 Å². The van der Waals surface area contributed by atoms with Gasteiger partial charge in [0.15, 0.2) is 0 Å². The maximum Gasteiger partial charge on any atom is 2.00 e. The van der Waals surface area contributed by atoms with Gasteiger partial charge in [-0.2, -0.15) is 6.07 Å². The molecule has 0 saturated carbocycles. The van der Waals surface area contributed by atoms with Gasteiger partial charge < -0.3 is 19.3 Å². The van der Waals surface area contributed by atoms with Gasteiger partial charge in [-0.15, -0.1) is 17.5 Å². The number of benzene rings is 4. The van der Waals surface area contributed by atoms with E-state index in [0.29, 0.717) is 0 Å². The van der Waals surface area contributed by atoms with Gasteiger partial charge in [0.25, 0.3) is 0 Å². The van der Waals surface area contributed by atoms with Crippen molar-refractivity contribution in [2.24, 2.45) is 0 Å². The Bertz CT molecular complexity index is 3060. The van der Waals surface area contributed by atoms with E-state index in [2.05, 4.69) is 201 Å². The molecule has 7 heteroatoms. The summed E-state index contributed by atoms with van der Waals surface area (Å²) in [6.45, 7) is 27.4. The van der Waals surface area contributed by atoms with Crippen LogP contribution >= 0.6 is 0 Å². The van der Waals surface area contributed by atoms with Crippen molar-refractivity contribution in [2.45, 2.75) is 105 Å². The quantitative estimate of drug-likeness (QED) is 0.165. The first-order valence-electron chi connectivity index (χ1n) is 20.8. The van der Waals surface area contributed by atoms with Gasteiger partial charge in [-0.1, -0.05) is 149 Å². The van der Waals surface area contributed by atoms with Gasteiger partial charge in [-0.05, 0) is 91.8 Å². The Labute approximate surface area is 368 Å². The van der Waals surface area contributed by atoms with Gasteiger partial charge >= 0.3 is 21.1 Å². The average molecular weight is 970 g/mol. The number of aromatic nitrogens is 6. The van der Waals surface area contributed by atoms with Gasteiger partial charge in [0.05, 0.1) is 11.2 Å². The van der Waals surface area contributed by atoms with Crippen molar-refractivity contribution in [3.05, 3.63) is 138 Å². The third kappa shape index (κ3) is 7.01. The van der Waals surface area contributed by atoms with Crippen LogP contribution in [0.15, 0.2) is 109 Å². The van der Waals surface area contributed by atoms with E-state index in [1.165, 1.54) is 33.2 Å². The molecule has 306 valence electrons. The summed E-state index contributed by atoms with van der Waals surface area (Å²) in [6, 6.07) is 40.9. The van der Waals surface area contributed by atoms with Crippen LogP contribution in [0.3, 0.4) is 0 Å². The molecule has 60 heavy (non-hydrogen) atoms. The molecule has 0 atom stereocenters. The zero-order valence-electron chi connectivity index (χ0n) is 36.9. The number of fused-ring (bicyclic) bond motifs is 6. The number of para-hydroxylation sites is 2. The second-order valence-electron chi connectivity index (χ2n) is 20.3. The topological polar surface area (TPSA) is 62.6 Å². The van der Waals surface area contributed by atoms with Gasteiger partial charge in [-0.25, -0.2) is 9.97 Å². The Morgan fingerprint density at radius 3 is 1.73 bits per heavy atom. The second kappa shape index (κ2) is 14.4. The van der Waals surface area contributed by atoms with Crippen LogP contribution in [-0.2, 0) is 42.7 Å². The first-order valence-corrected chi connectivity index (χ1v) is 20.8. The van der Waals surface area contributed by atoms with Crippen LogP contribution in [0.25, 0.3) is 77.9 Å². The molecule has 0 aliphatic heterocycles. The van der Waals surface area contributed by atoms with E-state index >= 15 is 0 Å². The predicted octanol–water partition coefficient (Wildman–Crippen LogP) is 13.3. The summed E-state index contributed by atoms with van der Waals surface area (Å²) in [5.41, 5.74) is 13.4. The fourth-order valence-corrected chi connectivity index (χ4v) is 8.56. The van der Waals surface area contributed by atoms with E-state index in [0.717, 1.165) is 66.9 Å². The van der Waals surface area contributed by atoms with Crippen molar-refractivity contribution in [1.29, 1.82) is 0 Å². The summed E-state index contributed by atoms with van der Waals surface area (Å²) in [5.74, 6) is 0.877. The molecule has 0 unspecified atom stereocenters. The number of rotatable bonds is 4. The van der Waals surface area contributed by atoms with Crippen molar-refractivity contribution in [3.63, 3.8) is 0 Å². The van der Waals surface area contributed by atoms with Crippen LogP contribution in [0.5, 0.6) is 0 Å². The Balaban J connectivity index is 0.00000499.